The van der Waals surface area contributed by atoms with Crippen LogP contribution in [0.25, 0.3) is 0 Å². The van der Waals surface area contributed by atoms with Crippen molar-refractivity contribution in [2.24, 2.45) is 5.92 Å². The van der Waals surface area contributed by atoms with Crippen molar-refractivity contribution in [3.8, 4) is 0 Å². The Kier molecular flexibility index (Phi) is 4.25. The normalized spacial score (nSPS) is 22.2. The number of aromatic nitrogens is 2. The molecule has 16 heavy (non-hydrogen) atoms. The highest BCUT2D eigenvalue weighted by Crippen LogP contribution is 2.16. The van der Waals surface area contributed by atoms with Crippen LogP contribution in [0.4, 0.5) is 0 Å². The summed E-state index contributed by atoms with van der Waals surface area (Å²) >= 11 is 0. The second-order valence-corrected chi connectivity index (χ2v) is 4.47. The predicted molar refractivity (Wildman–Crippen MR) is 64.0 cm³/mol. The van der Waals surface area contributed by atoms with Crippen LogP contribution in [0.15, 0.2) is 18.5 Å². The highest BCUT2D eigenvalue weighted by atomic mass is 15.2. The lowest BCUT2D eigenvalue weighted by Crippen LogP contribution is -2.38. The predicted octanol–water partition coefficient (Wildman–Crippen LogP) is 0.908. The molecule has 1 fully saturated rings. The lowest BCUT2D eigenvalue weighted by atomic mass is 9.98. The second kappa shape index (κ2) is 5.92. The van der Waals surface area contributed by atoms with E-state index in [0.29, 0.717) is 0 Å². The van der Waals surface area contributed by atoms with Crippen LogP contribution >= 0.6 is 0 Å². The third-order valence-corrected chi connectivity index (χ3v) is 3.08. The van der Waals surface area contributed by atoms with E-state index in [9.17, 15) is 0 Å². The molecule has 1 atom stereocenters. The van der Waals surface area contributed by atoms with Gasteiger partial charge in [0.2, 0.25) is 0 Å². The molecule has 1 aliphatic heterocycles. The third kappa shape index (κ3) is 3.25. The summed E-state index contributed by atoms with van der Waals surface area (Å²) in [6.07, 6.45) is 6.26. The summed E-state index contributed by atoms with van der Waals surface area (Å²) in [5.74, 6) is 1.72. The summed E-state index contributed by atoms with van der Waals surface area (Å²) in [6.45, 7) is 4.35. The van der Waals surface area contributed by atoms with Gasteiger partial charge in [-0.2, -0.15) is 0 Å². The van der Waals surface area contributed by atoms with Gasteiger partial charge in [0.1, 0.15) is 5.82 Å². The molecule has 1 saturated heterocycles. The van der Waals surface area contributed by atoms with Crippen LogP contribution in [-0.2, 0) is 6.54 Å². The van der Waals surface area contributed by atoms with E-state index in [0.717, 1.165) is 24.8 Å². The zero-order valence-corrected chi connectivity index (χ0v) is 9.89. The fraction of sp³-hybridized carbons (Fsp3) is 0.667. The summed E-state index contributed by atoms with van der Waals surface area (Å²) in [6, 6.07) is 1.86. The Morgan fingerprint density at radius 3 is 3.00 bits per heavy atom. The quantitative estimate of drug-likeness (QED) is 0.819. The van der Waals surface area contributed by atoms with Crippen molar-refractivity contribution in [2.75, 3.05) is 26.7 Å². The molecule has 1 aliphatic rings. The molecular weight excluding hydrogens is 200 g/mol. The van der Waals surface area contributed by atoms with Gasteiger partial charge in [0.25, 0.3) is 0 Å². The van der Waals surface area contributed by atoms with Gasteiger partial charge in [-0.3, -0.25) is 4.90 Å². The van der Waals surface area contributed by atoms with Gasteiger partial charge in [-0.25, -0.2) is 9.97 Å². The first kappa shape index (κ1) is 11.5. The first-order chi connectivity index (χ1) is 7.88. The van der Waals surface area contributed by atoms with Crippen molar-refractivity contribution >= 4 is 0 Å². The van der Waals surface area contributed by atoms with Crippen LogP contribution in [-0.4, -0.2) is 41.5 Å². The molecule has 1 aromatic rings. The Balaban J connectivity index is 1.85. The summed E-state index contributed by atoms with van der Waals surface area (Å²) < 4.78 is 0. The van der Waals surface area contributed by atoms with Gasteiger partial charge in [0, 0.05) is 18.9 Å². The molecule has 1 aromatic heterocycles. The van der Waals surface area contributed by atoms with Gasteiger partial charge >= 0.3 is 0 Å². The van der Waals surface area contributed by atoms with E-state index >= 15 is 0 Å². The Hall–Kier alpha value is -1.00. The van der Waals surface area contributed by atoms with Crippen LogP contribution < -0.4 is 5.32 Å². The van der Waals surface area contributed by atoms with E-state index in [1.165, 1.54) is 25.9 Å². The van der Waals surface area contributed by atoms with Crippen LogP contribution in [0.2, 0.25) is 0 Å². The molecule has 0 spiro atoms. The van der Waals surface area contributed by atoms with Gasteiger partial charge in [-0.05, 0) is 45.0 Å². The molecule has 88 valence electrons. The molecule has 0 aliphatic carbocycles. The summed E-state index contributed by atoms with van der Waals surface area (Å²) in [7, 11) is 2.03. The smallest absolute Gasteiger partial charge is 0.142 e. The first-order valence-electron chi connectivity index (χ1n) is 6.01. The lowest BCUT2D eigenvalue weighted by Gasteiger charge is -2.32. The second-order valence-electron chi connectivity index (χ2n) is 4.47. The number of piperidine rings is 1. The molecule has 2 rings (SSSR count). The summed E-state index contributed by atoms with van der Waals surface area (Å²) in [5, 5.41) is 3.26. The molecule has 1 N–H and O–H groups in total. The molecule has 4 nitrogen and oxygen atoms in total. The number of hydrogen-bond donors (Lipinski definition) is 1. The van der Waals surface area contributed by atoms with Gasteiger partial charge in [-0.1, -0.05) is 0 Å². The van der Waals surface area contributed by atoms with Crippen molar-refractivity contribution in [3.05, 3.63) is 24.3 Å². The van der Waals surface area contributed by atoms with Crippen molar-refractivity contribution in [3.63, 3.8) is 0 Å². The number of nitrogens with one attached hydrogen (secondary N) is 1. The van der Waals surface area contributed by atoms with Gasteiger partial charge in [0.15, 0.2) is 0 Å². The van der Waals surface area contributed by atoms with Crippen molar-refractivity contribution in [1.29, 1.82) is 0 Å². The van der Waals surface area contributed by atoms with E-state index in [1.54, 1.807) is 0 Å². The molecule has 2 heterocycles. The highest BCUT2D eigenvalue weighted by molar-refractivity contribution is 4.89. The topological polar surface area (TPSA) is 41.0 Å². The zero-order chi connectivity index (χ0) is 11.2. The van der Waals surface area contributed by atoms with Crippen LogP contribution in [0.3, 0.4) is 0 Å². The molecular formula is C12H20N4. The largest absolute Gasteiger partial charge is 0.319 e. The fourth-order valence-electron chi connectivity index (χ4n) is 2.36. The van der Waals surface area contributed by atoms with E-state index in [-0.39, 0.29) is 0 Å². The van der Waals surface area contributed by atoms with Crippen molar-refractivity contribution in [1.82, 2.24) is 20.2 Å². The van der Waals surface area contributed by atoms with Crippen molar-refractivity contribution in [2.45, 2.75) is 19.4 Å². The average Bonchev–Trinajstić information content (AvgIpc) is 2.31. The maximum Gasteiger partial charge on any atom is 0.142 e. The molecule has 1 unspecified atom stereocenters. The van der Waals surface area contributed by atoms with Gasteiger partial charge in [0.05, 0.1) is 6.54 Å². The molecule has 0 radical (unpaired) electrons. The standard InChI is InChI=1S/C12H20N4/c1-13-8-11-4-2-7-16(9-11)10-12-14-5-3-6-15-12/h3,5-6,11,13H,2,4,7-10H2,1H3. The Labute approximate surface area is 97.1 Å². The highest BCUT2D eigenvalue weighted by Gasteiger charge is 2.19. The number of rotatable bonds is 4. The van der Waals surface area contributed by atoms with Crippen molar-refractivity contribution < 1.29 is 0 Å². The minimum atomic E-state index is 0.780. The monoisotopic (exact) mass is 220 g/mol. The fourth-order valence-corrected chi connectivity index (χ4v) is 2.36. The third-order valence-electron chi connectivity index (χ3n) is 3.08. The van der Waals surface area contributed by atoms with Crippen LogP contribution in [0.1, 0.15) is 18.7 Å². The van der Waals surface area contributed by atoms with Gasteiger partial charge < -0.3 is 5.32 Å². The zero-order valence-electron chi connectivity index (χ0n) is 9.89. The minimum absolute atomic E-state index is 0.780. The number of hydrogen-bond acceptors (Lipinski definition) is 4. The van der Waals surface area contributed by atoms with E-state index < -0.39 is 0 Å². The van der Waals surface area contributed by atoms with E-state index in [2.05, 4.69) is 20.2 Å². The van der Waals surface area contributed by atoms with E-state index in [1.807, 2.05) is 25.5 Å². The Morgan fingerprint density at radius 1 is 1.44 bits per heavy atom. The average molecular weight is 220 g/mol. The summed E-state index contributed by atoms with van der Waals surface area (Å²) in [5.41, 5.74) is 0. The summed E-state index contributed by atoms with van der Waals surface area (Å²) in [4.78, 5) is 11.0. The SMILES string of the molecule is CNCC1CCCN(Cc2ncccn2)C1. The van der Waals surface area contributed by atoms with Gasteiger partial charge in [-0.15, -0.1) is 0 Å². The Bertz CT molecular complexity index is 299. The molecule has 0 amide bonds. The van der Waals surface area contributed by atoms with Crippen LogP contribution in [0, 0.1) is 5.92 Å². The maximum atomic E-state index is 4.28. The Morgan fingerprint density at radius 2 is 2.25 bits per heavy atom. The molecule has 0 bridgehead atoms. The number of nitrogens with zero attached hydrogens (tertiary/aromatic N) is 3. The maximum absolute atomic E-state index is 4.28. The molecule has 0 saturated carbocycles. The molecule has 4 heteroatoms. The van der Waals surface area contributed by atoms with E-state index in [4.69, 9.17) is 0 Å². The lowest BCUT2D eigenvalue weighted by molar-refractivity contribution is 0.163. The number of likely N-dealkylation sites (tertiary alicyclic amines) is 1. The first-order valence-corrected chi connectivity index (χ1v) is 6.01. The van der Waals surface area contributed by atoms with Crippen LogP contribution in [0.5, 0.6) is 0 Å². The molecule has 0 aromatic carbocycles. The minimum Gasteiger partial charge on any atom is -0.319 e.